The van der Waals surface area contributed by atoms with Crippen LogP contribution in [0.2, 0.25) is 0 Å². The molecular formula is C20H29N3O2. The van der Waals surface area contributed by atoms with Crippen molar-refractivity contribution in [3.63, 3.8) is 0 Å². The van der Waals surface area contributed by atoms with Gasteiger partial charge in [-0.2, -0.15) is 0 Å². The molecule has 0 radical (unpaired) electrons. The van der Waals surface area contributed by atoms with Crippen LogP contribution in [-0.2, 0) is 9.59 Å². The Bertz CT molecular complexity index is 628. The maximum Gasteiger partial charge on any atom is 0.225 e. The van der Waals surface area contributed by atoms with Crippen LogP contribution in [0.15, 0.2) is 24.3 Å². The molecule has 136 valence electrons. The molecule has 1 N–H and O–H groups in total. The highest BCUT2D eigenvalue weighted by molar-refractivity contribution is 5.79. The van der Waals surface area contributed by atoms with E-state index in [1.807, 2.05) is 36.1 Å². The molecule has 0 spiro atoms. The minimum absolute atomic E-state index is 0.105. The van der Waals surface area contributed by atoms with Gasteiger partial charge in [0.1, 0.15) is 0 Å². The Morgan fingerprint density at radius 1 is 1.24 bits per heavy atom. The highest BCUT2D eigenvalue weighted by Crippen LogP contribution is 2.26. The number of amides is 2. The zero-order chi connectivity index (χ0) is 18.0. The van der Waals surface area contributed by atoms with Crippen LogP contribution in [-0.4, -0.2) is 53.3 Å². The van der Waals surface area contributed by atoms with Gasteiger partial charge in [0.25, 0.3) is 0 Å². The maximum absolute atomic E-state index is 13.0. The van der Waals surface area contributed by atoms with E-state index in [-0.39, 0.29) is 23.9 Å². The number of hydrogen-bond donors (Lipinski definition) is 1. The van der Waals surface area contributed by atoms with Crippen LogP contribution >= 0.6 is 0 Å². The van der Waals surface area contributed by atoms with E-state index >= 15 is 0 Å². The van der Waals surface area contributed by atoms with Gasteiger partial charge in [-0.05, 0) is 38.8 Å². The van der Waals surface area contributed by atoms with Crippen LogP contribution in [0, 0.1) is 6.92 Å². The van der Waals surface area contributed by atoms with E-state index in [9.17, 15) is 9.59 Å². The number of fused-ring (bicyclic) bond motifs is 1. The molecule has 3 atom stereocenters. The highest BCUT2D eigenvalue weighted by atomic mass is 16.2. The van der Waals surface area contributed by atoms with E-state index < -0.39 is 0 Å². The van der Waals surface area contributed by atoms with Gasteiger partial charge in [0.15, 0.2) is 0 Å². The fourth-order valence-electron chi connectivity index (χ4n) is 4.12. The molecule has 2 fully saturated rings. The van der Waals surface area contributed by atoms with Crippen molar-refractivity contribution in [3.05, 3.63) is 35.4 Å². The largest absolute Gasteiger partial charge is 0.349 e. The van der Waals surface area contributed by atoms with Gasteiger partial charge in [-0.1, -0.05) is 29.8 Å². The number of carbonyl (C=O) groups is 2. The molecule has 0 aromatic heterocycles. The number of nitrogens with one attached hydrogen (secondary N) is 1. The monoisotopic (exact) mass is 343 g/mol. The van der Waals surface area contributed by atoms with Gasteiger partial charge in [-0.25, -0.2) is 0 Å². The molecule has 0 unspecified atom stereocenters. The molecule has 2 aliphatic heterocycles. The van der Waals surface area contributed by atoms with Gasteiger partial charge in [0.2, 0.25) is 11.8 Å². The average molecular weight is 343 g/mol. The van der Waals surface area contributed by atoms with Crippen molar-refractivity contribution < 1.29 is 9.59 Å². The van der Waals surface area contributed by atoms with Crippen molar-refractivity contribution in [1.29, 1.82) is 0 Å². The molecule has 0 saturated carbocycles. The third-order valence-corrected chi connectivity index (χ3v) is 5.49. The third kappa shape index (κ3) is 4.21. The number of benzene rings is 1. The topological polar surface area (TPSA) is 52.7 Å². The Balaban J connectivity index is 1.71. The smallest absolute Gasteiger partial charge is 0.225 e. The fourth-order valence-corrected chi connectivity index (χ4v) is 4.12. The van der Waals surface area contributed by atoms with Crippen LogP contribution in [0.1, 0.15) is 50.3 Å². The molecule has 2 aliphatic rings. The summed E-state index contributed by atoms with van der Waals surface area (Å²) in [6.45, 7) is 8.61. The van der Waals surface area contributed by atoms with Crippen LogP contribution in [0.3, 0.4) is 0 Å². The number of nitrogens with zero attached hydrogens (tertiary/aromatic N) is 2. The molecular weight excluding hydrogens is 314 g/mol. The summed E-state index contributed by atoms with van der Waals surface area (Å²) in [4.78, 5) is 29.1. The first-order valence-corrected chi connectivity index (χ1v) is 9.31. The first kappa shape index (κ1) is 17.9. The second-order valence-corrected chi connectivity index (χ2v) is 7.55. The lowest BCUT2D eigenvalue weighted by molar-refractivity contribution is -0.137. The Labute approximate surface area is 150 Å². The minimum Gasteiger partial charge on any atom is -0.349 e. The van der Waals surface area contributed by atoms with Crippen molar-refractivity contribution in [2.24, 2.45) is 0 Å². The number of carbonyl (C=O) groups excluding carboxylic acids is 2. The fraction of sp³-hybridized carbons (Fsp3) is 0.600. The summed E-state index contributed by atoms with van der Waals surface area (Å²) >= 11 is 0. The quantitative estimate of drug-likeness (QED) is 0.912. The van der Waals surface area contributed by atoms with Crippen LogP contribution in [0.5, 0.6) is 0 Å². The molecule has 0 bridgehead atoms. The maximum atomic E-state index is 13.0. The summed E-state index contributed by atoms with van der Waals surface area (Å²) < 4.78 is 0. The predicted molar refractivity (Wildman–Crippen MR) is 98.1 cm³/mol. The molecule has 1 aromatic carbocycles. The molecule has 5 nitrogen and oxygen atoms in total. The molecule has 3 rings (SSSR count). The Hall–Kier alpha value is -1.88. The Kier molecular flexibility index (Phi) is 5.42. The van der Waals surface area contributed by atoms with Crippen molar-refractivity contribution >= 4 is 11.8 Å². The summed E-state index contributed by atoms with van der Waals surface area (Å²) in [5.74, 6) is 0.0328. The third-order valence-electron chi connectivity index (χ3n) is 5.49. The molecule has 2 amide bonds. The van der Waals surface area contributed by atoms with Gasteiger partial charge in [0, 0.05) is 32.1 Å². The normalized spacial score (nSPS) is 24.7. The minimum atomic E-state index is -0.264. The number of aryl methyl sites for hydroxylation is 1. The molecule has 25 heavy (non-hydrogen) atoms. The lowest BCUT2D eigenvalue weighted by Gasteiger charge is -2.42. The van der Waals surface area contributed by atoms with Gasteiger partial charge in [-0.15, -0.1) is 0 Å². The first-order chi connectivity index (χ1) is 11.9. The van der Waals surface area contributed by atoms with Crippen molar-refractivity contribution in [2.45, 2.75) is 58.2 Å². The summed E-state index contributed by atoms with van der Waals surface area (Å²) in [5, 5.41) is 2.95. The highest BCUT2D eigenvalue weighted by Gasteiger charge is 2.37. The molecule has 0 aliphatic carbocycles. The first-order valence-electron chi connectivity index (χ1n) is 9.31. The summed E-state index contributed by atoms with van der Waals surface area (Å²) in [7, 11) is 0. The molecule has 1 aromatic rings. The van der Waals surface area contributed by atoms with E-state index in [1.54, 1.807) is 0 Å². The van der Waals surface area contributed by atoms with Crippen molar-refractivity contribution in [2.75, 3.05) is 19.6 Å². The summed E-state index contributed by atoms with van der Waals surface area (Å²) in [5.41, 5.74) is 2.16. The van der Waals surface area contributed by atoms with E-state index in [2.05, 4.69) is 17.1 Å². The predicted octanol–water partition coefficient (Wildman–Crippen LogP) is 2.26. The van der Waals surface area contributed by atoms with Crippen molar-refractivity contribution in [3.8, 4) is 0 Å². The van der Waals surface area contributed by atoms with Gasteiger partial charge < -0.3 is 10.2 Å². The zero-order valence-electron chi connectivity index (χ0n) is 15.5. The Morgan fingerprint density at radius 3 is 2.64 bits per heavy atom. The van der Waals surface area contributed by atoms with Crippen molar-refractivity contribution in [1.82, 2.24) is 15.1 Å². The number of hydrogen-bond acceptors (Lipinski definition) is 3. The van der Waals surface area contributed by atoms with E-state index in [0.29, 0.717) is 12.5 Å². The van der Waals surface area contributed by atoms with E-state index in [4.69, 9.17) is 0 Å². The van der Waals surface area contributed by atoms with E-state index in [0.717, 1.165) is 25.2 Å². The molecule has 2 heterocycles. The number of rotatable bonds is 4. The summed E-state index contributed by atoms with van der Waals surface area (Å²) in [6.07, 6.45) is 2.74. The summed E-state index contributed by atoms with van der Waals surface area (Å²) in [6, 6.07) is 8.53. The van der Waals surface area contributed by atoms with Gasteiger partial charge >= 0.3 is 0 Å². The van der Waals surface area contributed by atoms with Crippen LogP contribution < -0.4 is 5.32 Å². The standard InChI is InChI=1S/C20H29N3O2/c1-14-6-8-17(9-7-14)19(21-16(3)24)11-20(25)23-13-18-5-4-10-22(18)12-15(23)2/h6-9,15,18-19H,4-5,10-13H2,1-3H3,(H,21,24)/t15-,18-,19+/m0/s1. The van der Waals surface area contributed by atoms with E-state index in [1.165, 1.54) is 25.3 Å². The lowest BCUT2D eigenvalue weighted by atomic mass is 10.00. The van der Waals surface area contributed by atoms with Crippen LogP contribution in [0.4, 0.5) is 0 Å². The van der Waals surface area contributed by atoms with Gasteiger partial charge in [-0.3, -0.25) is 14.5 Å². The zero-order valence-corrected chi connectivity index (χ0v) is 15.5. The molecule has 5 heteroatoms. The average Bonchev–Trinajstić information content (AvgIpc) is 3.00. The Morgan fingerprint density at radius 2 is 1.96 bits per heavy atom. The van der Waals surface area contributed by atoms with Crippen LogP contribution in [0.25, 0.3) is 0 Å². The number of piperazine rings is 1. The second kappa shape index (κ2) is 7.56. The van der Waals surface area contributed by atoms with Gasteiger partial charge in [0.05, 0.1) is 12.5 Å². The second-order valence-electron chi connectivity index (χ2n) is 7.55. The SMILES string of the molecule is CC(=O)N[C@H](CC(=O)N1C[C@@H]2CCCN2C[C@@H]1C)c1ccc(C)cc1. The molecule has 2 saturated heterocycles. The lowest BCUT2D eigenvalue weighted by Crippen LogP contribution is -2.57.